The molecule has 1 aromatic carbocycles. The summed E-state index contributed by atoms with van der Waals surface area (Å²) in [5.41, 5.74) is 0.724. The van der Waals surface area contributed by atoms with Crippen molar-refractivity contribution in [1.82, 2.24) is 0 Å². The minimum Gasteiger partial charge on any atom is -0.508 e. The molecule has 0 saturated heterocycles. The topological polar surface area (TPSA) is 66.4 Å². The van der Waals surface area contributed by atoms with Gasteiger partial charge in [-0.15, -0.1) is 11.3 Å². The zero-order valence-corrected chi connectivity index (χ0v) is 12.8. The predicted molar refractivity (Wildman–Crippen MR) is 78.0 cm³/mol. The van der Waals surface area contributed by atoms with Gasteiger partial charge in [-0.2, -0.15) is 0 Å². The Hall–Kier alpha value is -0.950. The Morgan fingerprint density at radius 1 is 1.32 bits per heavy atom. The molecule has 0 unspecified atom stereocenters. The maximum atomic E-state index is 12.2. The van der Waals surface area contributed by atoms with Gasteiger partial charge in [0.2, 0.25) is 0 Å². The molecule has 0 aliphatic carbocycles. The summed E-state index contributed by atoms with van der Waals surface area (Å²) in [6.07, 6.45) is 0. The van der Waals surface area contributed by atoms with Gasteiger partial charge >= 0.3 is 0 Å². The normalized spacial score (nSPS) is 11.5. The van der Waals surface area contributed by atoms with E-state index in [1.165, 1.54) is 12.1 Å². The molecule has 0 bridgehead atoms. The largest absolute Gasteiger partial charge is 0.508 e. The number of sulfonamides is 1. The second-order valence-electron chi connectivity index (χ2n) is 3.74. The fourth-order valence-corrected chi connectivity index (χ4v) is 4.72. The van der Waals surface area contributed by atoms with Crippen LogP contribution in [0, 0.1) is 6.92 Å². The molecule has 0 amide bonds. The molecule has 1 heterocycles. The number of rotatable bonds is 3. The highest BCUT2D eigenvalue weighted by atomic mass is 35.5. The molecule has 0 atom stereocenters. The van der Waals surface area contributed by atoms with Gasteiger partial charge in [-0.3, -0.25) is 4.72 Å². The van der Waals surface area contributed by atoms with E-state index >= 15 is 0 Å². The quantitative estimate of drug-likeness (QED) is 0.893. The third kappa shape index (κ3) is 2.97. The van der Waals surface area contributed by atoms with Crippen LogP contribution in [0.1, 0.15) is 5.56 Å². The molecule has 2 rings (SSSR count). The van der Waals surface area contributed by atoms with E-state index in [2.05, 4.69) is 4.72 Å². The summed E-state index contributed by atoms with van der Waals surface area (Å²) in [7, 11) is -3.83. The van der Waals surface area contributed by atoms with Crippen molar-refractivity contribution in [3.8, 4) is 5.75 Å². The first kappa shape index (κ1) is 14.5. The number of benzene rings is 1. The molecule has 2 aromatic rings. The fraction of sp³-hybridized carbons (Fsp3) is 0.0909. The van der Waals surface area contributed by atoms with Crippen LogP contribution in [-0.4, -0.2) is 13.5 Å². The monoisotopic (exact) mass is 337 g/mol. The van der Waals surface area contributed by atoms with E-state index in [0.29, 0.717) is 11.3 Å². The molecule has 8 heteroatoms. The van der Waals surface area contributed by atoms with Crippen LogP contribution >= 0.6 is 34.5 Å². The SMILES string of the molecule is Cc1c(O)cccc1NS(=O)(=O)c1cc(Cl)sc1Cl. The zero-order valence-electron chi connectivity index (χ0n) is 9.65. The first-order chi connectivity index (χ1) is 8.81. The van der Waals surface area contributed by atoms with Crippen molar-refractivity contribution in [3.63, 3.8) is 0 Å². The van der Waals surface area contributed by atoms with Crippen molar-refractivity contribution in [2.24, 2.45) is 0 Å². The Labute approximate surface area is 124 Å². The van der Waals surface area contributed by atoms with Crippen LogP contribution in [0.2, 0.25) is 8.67 Å². The maximum absolute atomic E-state index is 12.2. The molecule has 102 valence electrons. The summed E-state index contributed by atoms with van der Waals surface area (Å²) in [6.45, 7) is 1.61. The highest BCUT2D eigenvalue weighted by Gasteiger charge is 2.22. The Bertz CT molecular complexity index is 726. The van der Waals surface area contributed by atoms with Crippen molar-refractivity contribution < 1.29 is 13.5 Å². The number of hydrogen-bond donors (Lipinski definition) is 2. The number of hydrogen-bond acceptors (Lipinski definition) is 4. The van der Waals surface area contributed by atoms with Crippen LogP contribution in [0.15, 0.2) is 29.2 Å². The predicted octanol–water partition coefficient (Wildman–Crippen LogP) is 3.87. The summed E-state index contributed by atoms with van der Waals surface area (Å²) >= 11 is 12.5. The molecule has 1 aromatic heterocycles. The number of aromatic hydroxyl groups is 1. The van der Waals surface area contributed by atoms with Crippen LogP contribution in [0.25, 0.3) is 0 Å². The van der Waals surface area contributed by atoms with Gasteiger partial charge in [0.1, 0.15) is 15.0 Å². The summed E-state index contributed by atoms with van der Waals surface area (Å²) < 4.78 is 27.1. The molecular weight excluding hydrogens is 329 g/mol. The lowest BCUT2D eigenvalue weighted by Gasteiger charge is -2.10. The van der Waals surface area contributed by atoms with Crippen molar-refractivity contribution >= 4 is 50.2 Å². The van der Waals surface area contributed by atoms with Crippen LogP contribution in [0.3, 0.4) is 0 Å². The summed E-state index contributed by atoms with van der Waals surface area (Å²) in [5.74, 6) is 0.00893. The Morgan fingerprint density at radius 3 is 2.58 bits per heavy atom. The summed E-state index contributed by atoms with van der Waals surface area (Å²) in [4.78, 5) is -0.0769. The van der Waals surface area contributed by atoms with Gasteiger partial charge in [-0.05, 0) is 25.1 Å². The second-order valence-corrected chi connectivity index (χ2v) is 7.68. The average Bonchev–Trinajstić information content (AvgIpc) is 2.65. The highest BCUT2D eigenvalue weighted by Crippen LogP contribution is 2.35. The molecule has 0 spiro atoms. The highest BCUT2D eigenvalue weighted by molar-refractivity contribution is 7.93. The maximum Gasteiger partial charge on any atom is 0.264 e. The molecule has 0 radical (unpaired) electrons. The smallest absolute Gasteiger partial charge is 0.264 e. The van der Waals surface area contributed by atoms with Gasteiger partial charge in [0, 0.05) is 5.56 Å². The van der Waals surface area contributed by atoms with E-state index in [9.17, 15) is 13.5 Å². The van der Waals surface area contributed by atoms with Gasteiger partial charge in [-0.1, -0.05) is 29.3 Å². The standard InChI is InChI=1S/C11H9Cl2NO3S2/c1-6-7(3-2-4-8(6)15)14-19(16,17)9-5-10(12)18-11(9)13/h2-5,14-15H,1H3. The Balaban J connectivity index is 2.42. The molecule has 2 N–H and O–H groups in total. The van der Waals surface area contributed by atoms with Crippen LogP contribution in [0.4, 0.5) is 5.69 Å². The lowest BCUT2D eigenvalue weighted by Crippen LogP contribution is -2.13. The summed E-state index contributed by atoms with van der Waals surface area (Å²) in [6, 6.07) is 5.85. The van der Waals surface area contributed by atoms with Crippen LogP contribution in [-0.2, 0) is 10.0 Å². The Kier molecular flexibility index (Phi) is 3.96. The van der Waals surface area contributed by atoms with Gasteiger partial charge in [0.05, 0.1) is 10.0 Å². The van der Waals surface area contributed by atoms with Gasteiger partial charge < -0.3 is 5.11 Å². The lowest BCUT2D eigenvalue weighted by atomic mass is 10.2. The van der Waals surface area contributed by atoms with Crippen molar-refractivity contribution in [2.45, 2.75) is 11.8 Å². The van der Waals surface area contributed by atoms with E-state index in [-0.39, 0.29) is 19.3 Å². The summed E-state index contributed by atoms with van der Waals surface area (Å²) in [5, 5.41) is 9.55. The van der Waals surface area contributed by atoms with E-state index in [1.54, 1.807) is 19.1 Å². The van der Waals surface area contributed by atoms with Gasteiger partial charge in [0.25, 0.3) is 10.0 Å². The van der Waals surface area contributed by atoms with Gasteiger partial charge in [-0.25, -0.2) is 8.42 Å². The molecular formula is C11H9Cl2NO3S2. The van der Waals surface area contributed by atoms with Crippen molar-refractivity contribution in [3.05, 3.63) is 38.5 Å². The number of phenolic OH excluding ortho intramolecular Hbond substituents is 1. The van der Waals surface area contributed by atoms with Crippen molar-refractivity contribution in [2.75, 3.05) is 4.72 Å². The van der Waals surface area contributed by atoms with Crippen LogP contribution in [0.5, 0.6) is 5.75 Å². The number of halogens is 2. The van der Waals surface area contributed by atoms with E-state index in [4.69, 9.17) is 23.2 Å². The molecule has 0 fully saturated rings. The number of nitrogens with one attached hydrogen (secondary N) is 1. The average molecular weight is 338 g/mol. The van der Waals surface area contributed by atoms with E-state index in [0.717, 1.165) is 11.3 Å². The number of phenols is 1. The third-order valence-electron chi connectivity index (χ3n) is 2.46. The zero-order chi connectivity index (χ0) is 14.2. The van der Waals surface area contributed by atoms with Crippen molar-refractivity contribution in [1.29, 1.82) is 0 Å². The molecule has 4 nitrogen and oxygen atoms in total. The lowest BCUT2D eigenvalue weighted by molar-refractivity contribution is 0.471. The minimum absolute atomic E-state index is 0.00893. The molecule has 0 aliphatic rings. The molecule has 0 aliphatic heterocycles. The molecule has 19 heavy (non-hydrogen) atoms. The Morgan fingerprint density at radius 2 is 2.00 bits per heavy atom. The second kappa shape index (κ2) is 5.20. The molecule has 0 saturated carbocycles. The number of thiophene rings is 1. The van der Waals surface area contributed by atoms with Gasteiger partial charge in [0.15, 0.2) is 0 Å². The fourth-order valence-electron chi connectivity index (χ4n) is 1.44. The van der Waals surface area contributed by atoms with E-state index in [1.807, 2.05) is 0 Å². The van der Waals surface area contributed by atoms with Crippen LogP contribution < -0.4 is 4.72 Å². The first-order valence-corrected chi connectivity index (χ1v) is 8.13. The minimum atomic E-state index is -3.83. The number of anilines is 1. The first-order valence-electron chi connectivity index (χ1n) is 5.07. The van der Waals surface area contributed by atoms with E-state index < -0.39 is 10.0 Å². The third-order valence-corrected chi connectivity index (χ3v) is 5.58.